The third kappa shape index (κ3) is 4.16. The van der Waals surface area contributed by atoms with Crippen molar-refractivity contribution in [2.45, 2.75) is 43.1 Å². The van der Waals surface area contributed by atoms with Crippen LogP contribution in [0.1, 0.15) is 31.4 Å². The number of piperidine rings is 1. The van der Waals surface area contributed by atoms with Crippen LogP contribution in [0.15, 0.2) is 33.5 Å². The second kappa shape index (κ2) is 9.00. The number of amides is 3. The number of aliphatic carboxylic acids is 1. The highest BCUT2D eigenvalue weighted by atomic mass is 32.2. The van der Waals surface area contributed by atoms with Crippen molar-refractivity contribution in [3.05, 3.63) is 34.0 Å². The molecule has 0 bridgehead atoms. The molecule has 1 aliphatic carbocycles. The number of likely N-dealkylation sites (tertiary alicyclic amines) is 1. The summed E-state index contributed by atoms with van der Waals surface area (Å²) in [4.78, 5) is 57.5. The number of aromatic nitrogens is 1. The van der Waals surface area contributed by atoms with Crippen molar-refractivity contribution in [3.63, 3.8) is 0 Å². The lowest BCUT2D eigenvalue weighted by molar-refractivity contribution is -0.150. The minimum atomic E-state index is -1.28. The Kier molecular flexibility index (Phi) is 6.01. The molecule has 0 spiro atoms. The first-order chi connectivity index (χ1) is 16.8. The van der Waals surface area contributed by atoms with Gasteiger partial charge >= 0.3 is 5.97 Å². The fourth-order valence-electron chi connectivity index (χ4n) is 4.48. The second-order valence-electron chi connectivity index (χ2n) is 8.56. The molecule has 4 heterocycles. The summed E-state index contributed by atoms with van der Waals surface area (Å²) < 4.78 is 0. The molecule has 3 fully saturated rings. The number of fused-ring (bicyclic) bond motifs is 1. The van der Waals surface area contributed by atoms with Gasteiger partial charge in [-0.2, -0.15) is 0 Å². The van der Waals surface area contributed by atoms with Gasteiger partial charge in [-0.25, -0.2) is 9.78 Å². The van der Waals surface area contributed by atoms with Gasteiger partial charge < -0.3 is 26.3 Å². The minimum Gasteiger partial charge on any atom is -0.477 e. The van der Waals surface area contributed by atoms with Gasteiger partial charge in [-0.05, 0) is 37.3 Å². The summed E-state index contributed by atoms with van der Waals surface area (Å²) in [5.41, 5.74) is 5.99. The fourth-order valence-corrected chi connectivity index (χ4v) is 6.34. The monoisotopic (exact) mass is 518 g/mol. The van der Waals surface area contributed by atoms with Gasteiger partial charge in [0, 0.05) is 29.3 Å². The average Bonchev–Trinajstić information content (AvgIpc) is 3.59. The smallest absolute Gasteiger partial charge is 0.352 e. The van der Waals surface area contributed by atoms with Crippen molar-refractivity contribution in [1.82, 2.24) is 20.1 Å². The number of carboxylic acid groups (broad SMARTS) is 1. The molecular formula is C21H22N6O6S2. The number of carboxylic acids is 1. The zero-order valence-electron chi connectivity index (χ0n) is 18.3. The maximum atomic E-state index is 12.9. The molecule has 2 atom stereocenters. The van der Waals surface area contributed by atoms with E-state index in [1.165, 1.54) is 17.1 Å². The lowest BCUT2D eigenvalue weighted by Gasteiger charge is -2.49. The summed E-state index contributed by atoms with van der Waals surface area (Å²) in [6.07, 6.45) is 4.98. The third-order valence-corrected chi connectivity index (χ3v) is 8.26. The van der Waals surface area contributed by atoms with Crippen LogP contribution in [-0.4, -0.2) is 84.3 Å². The van der Waals surface area contributed by atoms with Gasteiger partial charge in [0.15, 0.2) is 10.8 Å². The zero-order valence-corrected chi connectivity index (χ0v) is 20.0. The molecule has 184 valence electrons. The van der Waals surface area contributed by atoms with Gasteiger partial charge in [-0.1, -0.05) is 5.16 Å². The fraction of sp³-hybridized carbons (Fsp3) is 0.429. The van der Waals surface area contributed by atoms with E-state index in [0.29, 0.717) is 24.1 Å². The molecule has 3 amide bonds. The van der Waals surface area contributed by atoms with E-state index in [9.17, 15) is 29.5 Å². The number of rotatable bonds is 6. The molecule has 5 N–H and O–H groups in total. The van der Waals surface area contributed by atoms with Crippen LogP contribution in [0, 0.1) is 0 Å². The molecule has 0 radical (unpaired) electrons. The molecule has 0 aromatic carbocycles. The van der Waals surface area contributed by atoms with Gasteiger partial charge in [-0.15, -0.1) is 23.1 Å². The van der Waals surface area contributed by atoms with Crippen LogP contribution >= 0.6 is 23.1 Å². The number of nitrogens with zero attached hydrogens (tertiary/aromatic N) is 4. The predicted molar refractivity (Wildman–Crippen MR) is 127 cm³/mol. The van der Waals surface area contributed by atoms with Crippen LogP contribution in [0.3, 0.4) is 0 Å². The number of hydrogen-bond donors (Lipinski definition) is 4. The summed E-state index contributed by atoms with van der Waals surface area (Å²) in [5.74, 6) is -2.53. The minimum absolute atomic E-state index is 0.0600. The standard InChI is InChI=1S/C21H22N6O6S2/c22-21-23-12(8-35-21)13(25-33)16(28)24-14-18(30)27-15(20(31)32)10(7-34-19(14)27)6-9-2-1-5-26(17(9)29)11-3-4-11/h6,8,11,14,19,33H,1-5,7H2,(H2,22,23)(H,24,28)(H,31,32)/b9-6+,25-13-/t14-,19-/m1/s1. The van der Waals surface area contributed by atoms with Crippen molar-refractivity contribution in [3.8, 4) is 0 Å². The molecule has 0 unspecified atom stereocenters. The number of thiazole rings is 1. The summed E-state index contributed by atoms with van der Waals surface area (Å²) in [7, 11) is 0. The molecule has 35 heavy (non-hydrogen) atoms. The number of carbonyl (C=O) groups is 4. The van der Waals surface area contributed by atoms with E-state index in [1.807, 2.05) is 4.90 Å². The normalized spacial score (nSPS) is 26.1. The van der Waals surface area contributed by atoms with E-state index < -0.39 is 34.9 Å². The van der Waals surface area contributed by atoms with E-state index in [0.717, 1.165) is 35.5 Å². The first-order valence-electron chi connectivity index (χ1n) is 11.0. The SMILES string of the molecule is Nc1nc(/C(=N/O)C(=O)N[C@@H]2C(=O)N3C(C(=O)O)=C(/C=C4\CCCN(C5CC5)C4=O)CS[C@H]23)cs1. The quantitative estimate of drug-likeness (QED) is 0.136. The lowest BCUT2D eigenvalue weighted by Crippen LogP contribution is -2.71. The molecular weight excluding hydrogens is 496 g/mol. The summed E-state index contributed by atoms with van der Waals surface area (Å²) >= 11 is 2.35. The maximum Gasteiger partial charge on any atom is 0.352 e. The molecule has 3 aliphatic heterocycles. The lowest BCUT2D eigenvalue weighted by atomic mass is 9.98. The Hall–Kier alpha value is -3.39. The van der Waals surface area contributed by atoms with E-state index in [4.69, 9.17) is 5.73 Å². The summed E-state index contributed by atoms with van der Waals surface area (Å²) in [5, 5.41) is 25.6. The molecule has 1 aromatic heterocycles. The number of β-lactam (4-membered cyclic amide) rings is 1. The highest BCUT2D eigenvalue weighted by molar-refractivity contribution is 8.00. The molecule has 1 saturated carbocycles. The number of oxime groups is 1. The van der Waals surface area contributed by atoms with Crippen LogP contribution in [0.5, 0.6) is 0 Å². The van der Waals surface area contributed by atoms with Crippen LogP contribution < -0.4 is 11.1 Å². The van der Waals surface area contributed by atoms with E-state index in [1.54, 1.807) is 6.08 Å². The van der Waals surface area contributed by atoms with E-state index >= 15 is 0 Å². The summed E-state index contributed by atoms with van der Waals surface area (Å²) in [6, 6.07) is -0.732. The van der Waals surface area contributed by atoms with Gasteiger partial charge in [0.1, 0.15) is 22.8 Å². The molecule has 5 rings (SSSR count). The van der Waals surface area contributed by atoms with Crippen molar-refractivity contribution < 1.29 is 29.5 Å². The molecule has 12 nitrogen and oxygen atoms in total. The highest BCUT2D eigenvalue weighted by Crippen LogP contribution is 2.41. The van der Waals surface area contributed by atoms with Crippen molar-refractivity contribution in [2.24, 2.45) is 5.16 Å². The Morgan fingerprint density at radius 1 is 1.31 bits per heavy atom. The van der Waals surface area contributed by atoms with Crippen LogP contribution in [-0.2, 0) is 19.2 Å². The largest absolute Gasteiger partial charge is 0.477 e. The van der Waals surface area contributed by atoms with Crippen LogP contribution in [0.25, 0.3) is 0 Å². The number of nitrogens with two attached hydrogens (primary N) is 1. The number of anilines is 1. The average molecular weight is 519 g/mol. The summed E-state index contributed by atoms with van der Waals surface area (Å²) in [6.45, 7) is 0.709. The van der Waals surface area contributed by atoms with Crippen molar-refractivity contribution in [1.29, 1.82) is 0 Å². The predicted octanol–water partition coefficient (Wildman–Crippen LogP) is 0.353. The number of hydrogen-bond acceptors (Lipinski definition) is 10. The van der Waals surface area contributed by atoms with E-state index in [-0.39, 0.29) is 34.2 Å². The third-order valence-electron chi connectivity index (χ3n) is 6.28. The Balaban J connectivity index is 1.35. The zero-order chi connectivity index (χ0) is 24.9. The number of nitrogens with one attached hydrogen (secondary N) is 1. The highest BCUT2D eigenvalue weighted by Gasteiger charge is 2.54. The van der Waals surface area contributed by atoms with Crippen molar-refractivity contribution in [2.75, 3.05) is 18.0 Å². The first-order valence-corrected chi connectivity index (χ1v) is 12.9. The van der Waals surface area contributed by atoms with Crippen LogP contribution in [0.4, 0.5) is 5.13 Å². The Labute approximate surface area is 207 Å². The number of allylic oxidation sites excluding steroid dienone is 1. The van der Waals surface area contributed by atoms with Gasteiger partial charge in [0.2, 0.25) is 5.91 Å². The topological polar surface area (TPSA) is 179 Å². The molecule has 4 aliphatic rings. The Morgan fingerprint density at radius 3 is 2.71 bits per heavy atom. The second-order valence-corrected chi connectivity index (χ2v) is 10.6. The van der Waals surface area contributed by atoms with E-state index in [2.05, 4.69) is 15.5 Å². The number of nitrogen functional groups attached to an aromatic ring is 1. The maximum absolute atomic E-state index is 12.9. The van der Waals surface area contributed by atoms with Gasteiger partial charge in [0.25, 0.3) is 11.8 Å². The van der Waals surface area contributed by atoms with Gasteiger partial charge in [0.05, 0.1) is 0 Å². The Morgan fingerprint density at radius 2 is 2.09 bits per heavy atom. The van der Waals surface area contributed by atoms with Crippen molar-refractivity contribution >= 4 is 57.6 Å². The molecule has 14 heteroatoms. The van der Waals surface area contributed by atoms with Crippen LogP contribution in [0.2, 0.25) is 0 Å². The number of thioether (sulfide) groups is 1. The Bertz CT molecular complexity index is 1220. The molecule has 1 aromatic rings. The first kappa shape index (κ1) is 23.4. The molecule has 2 saturated heterocycles. The van der Waals surface area contributed by atoms with Gasteiger partial charge in [-0.3, -0.25) is 19.3 Å². The number of carbonyl (C=O) groups excluding carboxylic acids is 3.